The van der Waals surface area contributed by atoms with Gasteiger partial charge in [0.1, 0.15) is 5.75 Å². The first-order chi connectivity index (χ1) is 7.78. The summed E-state index contributed by atoms with van der Waals surface area (Å²) in [6, 6.07) is 3.62. The Bertz CT molecular complexity index is 341. The molecule has 0 radical (unpaired) electrons. The van der Waals surface area contributed by atoms with Crippen LogP contribution >= 0.6 is 0 Å². The fourth-order valence-corrected chi connectivity index (χ4v) is 1.56. The molecule has 90 valence electrons. The van der Waals surface area contributed by atoms with Gasteiger partial charge in [0.25, 0.3) is 0 Å². The minimum Gasteiger partial charge on any atom is -0.496 e. The minimum atomic E-state index is 0.389. The van der Waals surface area contributed by atoms with E-state index in [1.54, 1.807) is 27.4 Å². The second-order valence-corrected chi connectivity index (χ2v) is 3.10. The molecule has 1 aromatic rings. The summed E-state index contributed by atoms with van der Waals surface area (Å²) in [6.45, 7) is 0.389. The smallest absolute Gasteiger partial charge is 0.167 e. The van der Waals surface area contributed by atoms with Crippen LogP contribution in [-0.4, -0.2) is 27.9 Å². The Morgan fingerprint density at radius 3 is 2.12 bits per heavy atom. The number of benzene rings is 1. The molecule has 0 aliphatic carbocycles. The number of rotatable bonds is 6. The van der Waals surface area contributed by atoms with Crippen LogP contribution in [0.2, 0.25) is 0 Å². The summed E-state index contributed by atoms with van der Waals surface area (Å²) >= 11 is 0. The largest absolute Gasteiger partial charge is 0.496 e. The van der Waals surface area contributed by atoms with Crippen LogP contribution in [0.1, 0.15) is 5.56 Å². The molecule has 16 heavy (non-hydrogen) atoms. The van der Waals surface area contributed by atoms with Crippen molar-refractivity contribution in [2.75, 3.05) is 27.9 Å². The standard InChI is InChI=1S/C11H17NO4/c1-13-9-4-5-10(14-2)11(15-3)8(9)6-7-16-12/h4-5H,6-7,12H2,1-3H3. The second kappa shape index (κ2) is 6.19. The quantitative estimate of drug-likeness (QED) is 0.738. The summed E-state index contributed by atoms with van der Waals surface area (Å²) < 4.78 is 15.8. The van der Waals surface area contributed by atoms with Crippen molar-refractivity contribution >= 4 is 0 Å². The van der Waals surface area contributed by atoms with Crippen molar-refractivity contribution < 1.29 is 19.0 Å². The average Bonchev–Trinajstić information content (AvgIpc) is 2.34. The second-order valence-electron chi connectivity index (χ2n) is 3.10. The summed E-state index contributed by atoms with van der Waals surface area (Å²) in [7, 11) is 4.78. The van der Waals surface area contributed by atoms with Crippen LogP contribution in [0.3, 0.4) is 0 Å². The van der Waals surface area contributed by atoms with Gasteiger partial charge in [0.05, 0.1) is 27.9 Å². The van der Waals surface area contributed by atoms with Gasteiger partial charge in [-0.2, -0.15) is 0 Å². The predicted octanol–water partition coefficient (Wildman–Crippen LogP) is 1.15. The highest BCUT2D eigenvalue weighted by atomic mass is 16.6. The predicted molar refractivity (Wildman–Crippen MR) is 59.9 cm³/mol. The molecule has 0 fully saturated rings. The summed E-state index contributed by atoms with van der Waals surface area (Å²) in [6.07, 6.45) is 0.597. The lowest BCUT2D eigenvalue weighted by Crippen LogP contribution is -2.07. The molecule has 0 saturated heterocycles. The van der Waals surface area contributed by atoms with E-state index in [1.165, 1.54) is 0 Å². The molecule has 5 nitrogen and oxygen atoms in total. The highest BCUT2D eigenvalue weighted by molar-refractivity contribution is 5.54. The Hall–Kier alpha value is -1.46. The van der Waals surface area contributed by atoms with E-state index in [1.807, 2.05) is 6.07 Å². The monoisotopic (exact) mass is 227 g/mol. The topological polar surface area (TPSA) is 62.9 Å². The van der Waals surface area contributed by atoms with Crippen molar-refractivity contribution in [3.05, 3.63) is 17.7 Å². The molecule has 0 heterocycles. The van der Waals surface area contributed by atoms with Gasteiger partial charge >= 0.3 is 0 Å². The van der Waals surface area contributed by atoms with Crippen LogP contribution < -0.4 is 20.1 Å². The maximum atomic E-state index is 5.31. The number of methoxy groups -OCH3 is 3. The third kappa shape index (κ3) is 2.56. The van der Waals surface area contributed by atoms with Crippen LogP contribution in [0.25, 0.3) is 0 Å². The number of hydrogen-bond acceptors (Lipinski definition) is 5. The molecule has 0 atom stereocenters. The molecule has 0 amide bonds. The van der Waals surface area contributed by atoms with E-state index in [0.717, 1.165) is 11.3 Å². The van der Waals surface area contributed by atoms with Gasteiger partial charge in [-0.25, -0.2) is 5.90 Å². The SMILES string of the molecule is COc1ccc(OC)c(OC)c1CCON. The zero-order chi connectivity index (χ0) is 12.0. The Labute approximate surface area is 95.0 Å². The minimum absolute atomic E-state index is 0.389. The third-order valence-corrected chi connectivity index (χ3v) is 2.30. The Morgan fingerprint density at radius 1 is 1.00 bits per heavy atom. The van der Waals surface area contributed by atoms with Crippen molar-refractivity contribution in [2.45, 2.75) is 6.42 Å². The summed E-state index contributed by atoms with van der Waals surface area (Å²) in [4.78, 5) is 4.57. The first kappa shape index (κ1) is 12.6. The zero-order valence-corrected chi connectivity index (χ0v) is 9.78. The molecule has 1 rings (SSSR count). The maximum absolute atomic E-state index is 5.31. The Kier molecular flexibility index (Phi) is 4.88. The van der Waals surface area contributed by atoms with Gasteiger partial charge in [0.15, 0.2) is 11.5 Å². The number of ether oxygens (including phenoxy) is 3. The lowest BCUT2D eigenvalue weighted by molar-refractivity contribution is 0.140. The first-order valence-corrected chi connectivity index (χ1v) is 4.88. The van der Waals surface area contributed by atoms with E-state index in [-0.39, 0.29) is 0 Å². The van der Waals surface area contributed by atoms with Crippen LogP contribution in [-0.2, 0) is 11.3 Å². The van der Waals surface area contributed by atoms with Crippen LogP contribution in [0.15, 0.2) is 12.1 Å². The molecular formula is C11H17NO4. The molecule has 2 N–H and O–H groups in total. The van der Waals surface area contributed by atoms with Gasteiger partial charge < -0.3 is 19.0 Å². The third-order valence-electron chi connectivity index (χ3n) is 2.30. The van der Waals surface area contributed by atoms with Gasteiger partial charge in [-0.3, -0.25) is 0 Å². The van der Waals surface area contributed by atoms with Crippen LogP contribution in [0, 0.1) is 0 Å². The lowest BCUT2D eigenvalue weighted by Gasteiger charge is -2.15. The zero-order valence-electron chi connectivity index (χ0n) is 9.78. The molecule has 0 saturated carbocycles. The fraction of sp³-hybridized carbons (Fsp3) is 0.455. The van der Waals surface area contributed by atoms with E-state index < -0.39 is 0 Å². The normalized spacial score (nSPS) is 10.0. The van der Waals surface area contributed by atoms with E-state index in [2.05, 4.69) is 4.84 Å². The average molecular weight is 227 g/mol. The van der Waals surface area contributed by atoms with E-state index >= 15 is 0 Å². The molecule has 1 aromatic carbocycles. The molecule has 0 unspecified atom stereocenters. The molecule has 0 aliphatic heterocycles. The number of nitrogens with two attached hydrogens (primary N) is 1. The number of hydrogen-bond donors (Lipinski definition) is 1. The van der Waals surface area contributed by atoms with Crippen molar-refractivity contribution in [1.82, 2.24) is 0 Å². The summed E-state index contributed by atoms with van der Waals surface area (Å²) in [5, 5.41) is 0. The van der Waals surface area contributed by atoms with Gasteiger partial charge in [-0.15, -0.1) is 0 Å². The summed E-state index contributed by atoms with van der Waals surface area (Å²) in [5.41, 5.74) is 0.884. The van der Waals surface area contributed by atoms with Crippen LogP contribution in [0.4, 0.5) is 0 Å². The van der Waals surface area contributed by atoms with Gasteiger partial charge in [0.2, 0.25) is 0 Å². The molecule has 0 aliphatic rings. The van der Waals surface area contributed by atoms with E-state index in [0.29, 0.717) is 24.5 Å². The van der Waals surface area contributed by atoms with Crippen LogP contribution in [0.5, 0.6) is 17.2 Å². The van der Waals surface area contributed by atoms with Gasteiger partial charge in [0, 0.05) is 12.0 Å². The molecular weight excluding hydrogens is 210 g/mol. The fourth-order valence-electron chi connectivity index (χ4n) is 1.56. The highest BCUT2D eigenvalue weighted by Crippen LogP contribution is 2.37. The molecule has 0 spiro atoms. The Balaban J connectivity index is 3.14. The summed E-state index contributed by atoms with van der Waals surface area (Å²) in [5.74, 6) is 7.06. The lowest BCUT2D eigenvalue weighted by atomic mass is 10.1. The van der Waals surface area contributed by atoms with Gasteiger partial charge in [-0.1, -0.05) is 0 Å². The van der Waals surface area contributed by atoms with E-state index in [4.69, 9.17) is 20.1 Å². The van der Waals surface area contributed by atoms with Crippen molar-refractivity contribution in [1.29, 1.82) is 0 Å². The van der Waals surface area contributed by atoms with E-state index in [9.17, 15) is 0 Å². The van der Waals surface area contributed by atoms with Crippen molar-refractivity contribution in [3.63, 3.8) is 0 Å². The molecule has 0 bridgehead atoms. The van der Waals surface area contributed by atoms with Crippen molar-refractivity contribution in [3.8, 4) is 17.2 Å². The van der Waals surface area contributed by atoms with Gasteiger partial charge in [-0.05, 0) is 12.1 Å². The Morgan fingerprint density at radius 2 is 1.62 bits per heavy atom. The highest BCUT2D eigenvalue weighted by Gasteiger charge is 2.15. The van der Waals surface area contributed by atoms with Crippen molar-refractivity contribution in [2.24, 2.45) is 5.90 Å². The first-order valence-electron chi connectivity index (χ1n) is 4.88. The molecule has 5 heteroatoms. The molecule has 0 aromatic heterocycles. The maximum Gasteiger partial charge on any atom is 0.167 e.